The van der Waals surface area contributed by atoms with E-state index in [1.165, 1.54) is 0 Å². The van der Waals surface area contributed by atoms with Gasteiger partial charge in [0.15, 0.2) is 0 Å². The number of hydrazine groups is 1. The van der Waals surface area contributed by atoms with Gasteiger partial charge in [-0.3, -0.25) is 10.2 Å². The summed E-state index contributed by atoms with van der Waals surface area (Å²) < 4.78 is 0. The number of carbonyl (C=O) groups excluding carboxylic acids is 1. The highest BCUT2D eigenvalue weighted by Gasteiger charge is 2.07. The number of hydrogen-bond acceptors (Lipinski definition) is 5. The molecule has 0 spiro atoms. The molecule has 0 aliphatic carbocycles. The van der Waals surface area contributed by atoms with E-state index in [2.05, 4.69) is 22.9 Å². The largest absolute Gasteiger partial charge is 0.301 e. The first kappa shape index (κ1) is 11.9. The average molecular weight is 233 g/mol. The monoisotopic (exact) mass is 233 g/mol. The molecule has 1 atom stereocenters. The molecule has 6 heteroatoms. The molecule has 4 nitrogen and oxygen atoms in total. The lowest BCUT2D eigenvalue weighted by molar-refractivity contribution is -0.120. The van der Waals surface area contributed by atoms with Gasteiger partial charge in [0.2, 0.25) is 5.91 Å². The van der Waals surface area contributed by atoms with Crippen molar-refractivity contribution >= 4 is 27.5 Å². The van der Waals surface area contributed by atoms with Crippen molar-refractivity contribution in [1.29, 1.82) is 0 Å². The van der Waals surface area contributed by atoms with E-state index in [0.29, 0.717) is 11.8 Å². The molecule has 1 rings (SSSR count). The van der Waals surface area contributed by atoms with Crippen molar-refractivity contribution in [2.45, 2.75) is 18.2 Å². The van der Waals surface area contributed by atoms with Crippen LogP contribution in [0.5, 0.6) is 0 Å². The van der Waals surface area contributed by atoms with E-state index >= 15 is 0 Å². The molecule has 4 N–H and O–H groups in total. The summed E-state index contributed by atoms with van der Waals surface area (Å²) in [7, 11) is 3.44. The second-order valence-electron chi connectivity index (χ2n) is 2.83. The molecule has 0 bridgehead atoms. The molecule has 1 heterocycles. The van der Waals surface area contributed by atoms with E-state index in [0.717, 1.165) is 18.7 Å². The summed E-state index contributed by atoms with van der Waals surface area (Å²) in [5.74, 6) is 5.64. The summed E-state index contributed by atoms with van der Waals surface area (Å²) in [6, 6.07) is 0. The molecule has 0 saturated carbocycles. The van der Waals surface area contributed by atoms with Gasteiger partial charge in [-0.1, -0.05) is 33.7 Å². The van der Waals surface area contributed by atoms with Crippen molar-refractivity contribution in [1.82, 2.24) is 10.7 Å². The molecular formula is C8H15N3OS2. The van der Waals surface area contributed by atoms with Crippen LogP contribution in [0.4, 0.5) is 0 Å². The van der Waals surface area contributed by atoms with Crippen molar-refractivity contribution in [3.8, 4) is 0 Å². The van der Waals surface area contributed by atoms with Gasteiger partial charge in [-0.2, -0.15) is 0 Å². The minimum absolute atomic E-state index is 0.106. The Kier molecular flexibility index (Phi) is 6.09. The Morgan fingerprint density at radius 2 is 2.57 bits per heavy atom. The van der Waals surface area contributed by atoms with Gasteiger partial charge in [-0.05, 0) is 13.0 Å². The maximum absolute atomic E-state index is 10.8. The first-order chi connectivity index (χ1) is 6.83. The van der Waals surface area contributed by atoms with Gasteiger partial charge in [0.1, 0.15) is 0 Å². The van der Waals surface area contributed by atoms with Crippen LogP contribution in [-0.2, 0) is 4.79 Å². The standard InChI is InChI=1S/C8H15N3OS2/c9-11-7(12)4-6-13-14-8-3-1-2-5-10-8/h1,3,8,10H,2,4-6,9H2,(H,11,12). The van der Waals surface area contributed by atoms with Crippen molar-refractivity contribution in [3.63, 3.8) is 0 Å². The van der Waals surface area contributed by atoms with Crippen LogP contribution in [0.3, 0.4) is 0 Å². The maximum Gasteiger partial charge on any atom is 0.234 e. The van der Waals surface area contributed by atoms with Gasteiger partial charge in [0, 0.05) is 12.2 Å². The van der Waals surface area contributed by atoms with E-state index in [1.807, 2.05) is 0 Å². The third-order valence-electron chi connectivity index (χ3n) is 1.71. The zero-order valence-electron chi connectivity index (χ0n) is 7.86. The van der Waals surface area contributed by atoms with Gasteiger partial charge in [-0.25, -0.2) is 5.84 Å². The van der Waals surface area contributed by atoms with E-state index in [4.69, 9.17) is 5.84 Å². The van der Waals surface area contributed by atoms with Crippen LogP contribution >= 0.6 is 21.6 Å². The molecule has 0 aromatic heterocycles. The smallest absolute Gasteiger partial charge is 0.234 e. The van der Waals surface area contributed by atoms with Crippen molar-refractivity contribution < 1.29 is 4.79 Å². The Bertz CT molecular complexity index is 211. The molecule has 0 aromatic carbocycles. The number of carbonyl (C=O) groups is 1. The molecule has 1 aliphatic heterocycles. The van der Waals surface area contributed by atoms with Crippen LogP contribution < -0.4 is 16.6 Å². The normalized spacial score (nSPS) is 20.8. The van der Waals surface area contributed by atoms with Crippen molar-refractivity contribution in [2.75, 3.05) is 12.3 Å². The first-order valence-corrected chi connectivity index (χ1v) is 6.89. The quantitative estimate of drug-likeness (QED) is 0.162. The van der Waals surface area contributed by atoms with Gasteiger partial charge in [0.05, 0.1) is 5.37 Å². The number of amides is 1. The lowest BCUT2D eigenvalue weighted by atomic mass is 10.3. The zero-order valence-corrected chi connectivity index (χ0v) is 9.50. The molecule has 1 unspecified atom stereocenters. The van der Waals surface area contributed by atoms with Crippen LogP contribution in [0.15, 0.2) is 12.2 Å². The van der Waals surface area contributed by atoms with Gasteiger partial charge in [-0.15, -0.1) is 0 Å². The lowest BCUT2D eigenvalue weighted by Crippen LogP contribution is -2.30. The van der Waals surface area contributed by atoms with Crippen molar-refractivity contribution in [2.24, 2.45) is 5.84 Å². The highest BCUT2D eigenvalue weighted by molar-refractivity contribution is 8.77. The van der Waals surface area contributed by atoms with Crippen LogP contribution in [0.1, 0.15) is 12.8 Å². The summed E-state index contributed by atoms with van der Waals surface area (Å²) in [6.07, 6.45) is 5.92. The molecule has 1 aliphatic rings. The van der Waals surface area contributed by atoms with Crippen molar-refractivity contribution in [3.05, 3.63) is 12.2 Å². The third-order valence-corrected chi connectivity index (χ3v) is 4.28. The Hall–Kier alpha value is -0.170. The van der Waals surface area contributed by atoms with Gasteiger partial charge < -0.3 is 5.32 Å². The topological polar surface area (TPSA) is 67.1 Å². The predicted octanol–water partition coefficient (Wildman–Crippen LogP) is 0.623. The second-order valence-corrected chi connectivity index (χ2v) is 5.46. The highest BCUT2D eigenvalue weighted by atomic mass is 33.1. The number of hydrogen-bond donors (Lipinski definition) is 3. The summed E-state index contributed by atoms with van der Waals surface area (Å²) >= 11 is 0. The lowest BCUT2D eigenvalue weighted by Gasteiger charge is -2.16. The third kappa shape index (κ3) is 4.90. The fourth-order valence-corrected chi connectivity index (χ4v) is 3.24. The molecular weight excluding hydrogens is 218 g/mol. The van der Waals surface area contributed by atoms with Crippen LogP contribution in [0, 0.1) is 0 Å². The van der Waals surface area contributed by atoms with E-state index in [1.54, 1.807) is 21.6 Å². The fraction of sp³-hybridized carbons (Fsp3) is 0.625. The fourth-order valence-electron chi connectivity index (χ4n) is 0.991. The molecule has 1 amide bonds. The van der Waals surface area contributed by atoms with Crippen LogP contribution in [-0.4, -0.2) is 23.6 Å². The summed E-state index contributed by atoms with van der Waals surface area (Å²) in [5.41, 5.74) is 2.11. The first-order valence-electron chi connectivity index (χ1n) is 4.50. The maximum atomic E-state index is 10.8. The Balaban J connectivity index is 2.00. The minimum Gasteiger partial charge on any atom is -0.301 e. The predicted molar refractivity (Wildman–Crippen MR) is 62.5 cm³/mol. The molecule has 0 fully saturated rings. The Morgan fingerprint density at radius 1 is 1.71 bits per heavy atom. The van der Waals surface area contributed by atoms with Crippen LogP contribution in [0.25, 0.3) is 0 Å². The number of nitrogens with one attached hydrogen (secondary N) is 2. The summed E-state index contributed by atoms with van der Waals surface area (Å²) in [4.78, 5) is 10.8. The molecule has 0 radical (unpaired) electrons. The highest BCUT2D eigenvalue weighted by Crippen LogP contribution is 2.27. The van der Waals surface area contributed by atoms with Gasteiger partial charge >= 0.3 is 0 Å². The average Bonchev–Trinajstić information content (AvgIpc) is 2.25. The SMILES string of the molecule is NNC(=O)CCSSC1C=CCCN1. The summed E-state index contributed by atoms with van der Waals surface area (Å²) in [5, 5.41) is 3.74. The van der Waals surface area contributed by atoms with E-state index < -0.39 is 0 Å². The van der Waals surface area contributed by atoms with Crippen LogP contribution in [0.2, 0.25) is 0 Å². The molecule has 80 valence electrons. The number of nitrogens with two attached hydrogens (primary N) is 1. The molecule has 0 saturated heterocycles. The van der Waals surface area contributed by atoms with E-state index in [-0.39, 0.29) is 5.91 Å². The zero-order chi connectivity index (χ0) is 10.2. The Morgan fingerprint density at radius 3 is 3.21 bits per heavy atom. The Labute approximate surface area is 91.8 Å². The second kappa shape index (κ2) is 7.17. The number of rotatable bonds is 5. The minimum atomic E-state index is -0.106. The molecule has 14 heavy (non-hydrogen) atoms. The van der Waals surface area contributed by atoms with Gasteiger partial charge in [0.25, 0.3) is 0 Å². The van der Waals surface area contributed by atoms with E-state index in [9.17, 15) is 4.79 Å². The molecule has 0 aromatic rings. The summed E-state index contributed by atoms with van der Waals surface area (Å²) in [6.45, 7) is 1.04.